The molecule has 0 amide bonds. The van der Waals surface area contributed by atoms with E-state index in [0.717, 1.165) is 24.8 Å². The number of Topliss-reactive ketones (excluding diaryl/α,β-unsaturated/α-hetero) is 1. The molecule has 0 spiro atoms. The molecule has 92 valence electrons. The van der Waals surface area contributed by atoms with E-state index < -0.39 is 11.8 Å². The average Bonchev–Trinajstić information content (AvgIpc) is 2.71. The Labute approximate surface area is 109 Å². The van der Waals surface area contributed by atoms with E-state index in [9.17, 15) is 9.59 Å². The number of alkyl halides is 1. The third-order valence-electron chi connectivity index (χ3n) is 2.71. The van der Waals surface area contributed by atoms with Gasteiger partial charge in [-0.25, -0.2) is 4.79 Å². The fourth-order valence-electron chi connectivity index (χ4n) is 1.89. The molecule has 1 unspecified atom stereocenters. The van der Waals surface area contributed by atoms with E-state index in [0.29, 0.717) is 4.88 Å². The zero-order chi connectivity index (χ0) is 12.4. The molecule has 0 radical (unpaired) electrons. The molecule has 0 N–H and O–H groups in total. The number of esters is 1. The van der Waals surface area contributed by atoms with Gasteiger partial charge in [-0.1, -0.05) is 0 Å². The van der Waals surface area contributed by atoms with Crippen molar-refractivity contribution >= 4 is 34.7 Å². The number of carbonyl (C=O) groups excluding carboxylic acids is 2. The molecule has 1 aliphatic rings. The SMILES string of the molecule is CCOC(=O)C(=O)c1cc2c(s1)CCC(Cl)C2. The molecule has 1 atom stereocenters. The first-order valence-corrected chi connectivity index (χ1v) is 6.84. The van der Waals surface area contributed by atoms with E-state index in [2.05, 4.69) is 0 Å². The van der Waals surface area contributed by atoms with Crippen molar-refractivity contribution in [2.75, 3.05) is 6.61 Å². The molecule has 1 aromatic heterocycles. The third-order valence-corrected chi connectivity index (χ3v) is 4.32. The van der Waals surface area contributed by atoms with Crippen molar-refractivity contribution in [3.63, 3.8) is 0 Å². The fraction of sp³-hybridized carbons (Fsp3) is 0.500. The van der Waals surface area contributed by atoms with Gasteiger partial charge in [-0.3, -0.25) is 4.79 Å². The monoisotopic (exact) mass is 272 g/mol. The maximum absolute atomic E-state index is 11.7. The van der Waals surface area contributed by atoms with Crippen LogP contribution in [0.4, 0.5) is 0 Å². The van der Waals surface area contributed by atoms with E-state index >= 15 is 0 Å². The molecule has 0 aromatic carbocycles. The van der Waals surface area contributed by atoms with Crippen molar-refractivity contribution in [3.05, 3.63) is 21.4 Å². The molecule has 0 saturated carbocycles. The summed E-state index contributed by atoms with van der Waals surface area (Å²) in [5.41, 5.74) is 1.11. The molecule has 3 nitrogen and oxygen atoms in total. The van der Waals surface area contributed by atoms with Crippen LogP contribution in [-0.2, 0) is 22.4 Å². The molecule has 2 rings (SSSR count). The Morgan fingerprint density at radius 2 is 2.35 bits per heavy atom. The largest absolute Gasteiger partial charge is 0.460 e. The maximum Gasteiger partial charge on any atom is 0.380 e. The van der Waals surface area contributed by atoms with E-state index in [1.807, 2.05) is 0 Å². The number of hydrogen-bond donors (Lipinski definition) is 0. The summed E-state index contributed by atoms with van der Waals surface area (Å²) in [5.74, 6) is -1.31. The summed E-state index contributed by atoms with van der Waals surface area (Å²) in [6.07, 6.45) is 2.61. The van der Waals surface area contributed by atoms with Gasteiger partial charge in [0.25, 0.3) is 5.78 Å². The summed E-state index contributed by atoms with van der Waals surface area (Å²) in [6, 6.07) is 1.79. The van der Waals surface area contributed by atoms with Crippen molar-refractivity contribution in [2.45, 2.75) is 31.6 Å². The van der Waals surface area contributed by atoms with Gasteiger partial charge < -0.3 is 4.74 Å². The first kappa shape index (κ1) is 12.6. The molecule has 1 heterocycles. The van der Waals surface area contributed by atoms with Crippen molar-refractivity contribution in [2.24, 2.45) is 0 Å². The van der Waals surface area contributed by atoms with E-state index in [-0.39, 0.29) is 12.0 Å². The second-order valence-corrected chi connectivity index (χ2v) is 5.70. The summed E-state index contributed by atoms with van der Waals surface area (Å²) in [5, 5.41) is 0.141. The number of ether oxygens (including phenoxy) is 1. The summed E-state index contributed by atoms with van der Waals surface area (Å²) < 4.78 is 4.70. The summed E-state index contributed by atoms with van der Waals surface area (Å²) in [7, 11) is 0. The van der Waals surface area contributed by atoms with E-state index in [4.69, 9.17) is 16.3 Å². The lowest BCUT2D eigenvalue weighted by molar-refractivity contribution is -0.137. The van der Waals surface area contributed by atoms with Gasteiger partial charge in [0.1, 0.15) is 0 Å². The number of ketones is 1. The highest BCUT2D eigenvalue weighted by molar-refractivity contribution is 7.15. The van der Waals surface area contributed by atoms with Crippen LogP contribution in [0.3, 0.4) is 0 Å². The zero-order valence-corrected chi connectivity index (χ0v) is 11.1. The van der Waals surface area contributed by atoms with Crippen LogP contribution in [0, 0.1) is 0 Å². The van der Waals surface area contributed by atoms with Crippen molar-refractivity contribution < 1.29 is 14.3 Å². The highest BCUT2D eigenvalue weighted by atomic mass is 35.5. The Morgan fingerprint density at radius 3 is 3.06 bits per heavy atom. The second kappa shape index (κ2) is 5.19. The molecular weight excluding hydrogens is 260 g/mol. The predicted octanol–water partition coefficient (Wildman–Crippen LogP) is 2.59. The van der Waals surface area contributed by atoms with Crippen LogP contribution in [0.25, 0.3) is 0 Å². The number of aryl methyl sites for hydroxylation is 1. The van der Waals surface area contributed by atoms with Crippen LogP contribution in [0.2, 0.25) is 0 Å². The van der Waals surface area contributed by atoms with Gasteiger partial charge in [-0.2, -0.15) is 0 Å². The molecule has 1 aliphatic carbocycles. The normalized spacial score (nSPS) is 18.6. The number of hydrogen-bond acceptors (Lipinski definition) is 4. The summed E-state index contributed by atoms with van der Waals surface area (Å²) in [4.78, 5) is 24.7. The van der Waals surface area contributed by atoms with Crippen LogP contribution in [0.5, 0.6) is 0 Å². The number of thiophene rings is 1. The lowest BCUT2D eigenvalue weighted by atomic mass is 9.98. The van der Waals surface area contributed by atoms with Crippen LogP contribution in [0.15, 0.2) is 6.07 Å². The predicted molar refractivity (Wildman–Crippen MR) is 66.9 cm³/mol. The first-order chi connectivity index (χ1) is 8.11. The third kappa shape index (κ3) is 2.69. The topological polar surface area (TPSA) is 43.4 Å². The van der Waals surface area contributed by atoms with Gasteiger partial charge in [0.15, 0.2) is 0 Å². The van der Waals surface area contributed by atoms with Gasteiger partial charge in [-0.15, -0.1) is 22.9 Å². The van der Waals surface area contributed by atoms with Gasteiger partial charge in [0.05, 0.1) is 11.5 Å². The average molecular weight is 273 g/mol. The lowest BCUT2D eigenvalue weighted by Crippen LogP contribution is -2.16. The number of halogens is 1. The summed E-state index contributed by atoms with van der Waals surface area (Å²) >= 11 is 7.46. The van der Waals surface area contributed by atoms with Gasteiger partial charge >= 0.3 is 5.97 Å². The van der Waals surface area contributed by atoms with Gasteiger partial charge in [0.2, 0.25) is 0 Å². The van der Waals surface area contributed by atoms with Crippen molar-refractivity contribution in [1.82, 2.24) is 0 Å². The van der Waals surface area contributed by atoms with Crippen molar-refractivity contribution in [1.29, 1.82) is 0 Å². The maximum atomic E-state index is 11.7. The molecule has 17 heavy (non-hydrogen) atoms. The Hall–Kier alpha value is -0.870. The second-order valence-electron chi connectivity index (χ2n) is 3.95. The smallest absolute Gasteiger partial charge is 0.380 e. The summed E-state index contributed by atoms with van der Waals surface area (Å²) in [6.45, 7) is 1.90. The van der Waals surface area contributed by atoms with Crippen LogP contribution < -0.4 is 0 Å². The molecule has 5 heteroatoms. The minimum Gasteiger partial charge on any atom is -0.460 e. The van der Waals surface area contributed by atoms with Crippen LogP contribution in [0.1, 0.15) is 33.5 Å². The fourth-order valence-corrected chi connectivity index (χ4v) is 3.30. The quantitative estimate of drug-likeness (QED) is 0.368. The lowest BCUT2D eigenvalue weighted by Gasteiger charge is -2.15. The molecule has 0 aliphatic heterocycles. The Kier molecular flexibility index (Phi) is 3.84. The number of fused-ring (bicyclic) bond motifs is 1. The molecular formula is C12H13ClO3S. The first-order valence-electron chi connectivity index (χ1n) is 5.59. The Balaban J connectivity index is 2.18. The standard InChI is InChI=1S/C12H13ClO3S/c1-2-16-12(15)11(14)10-6-7-5-8(13)3-4-9(7)17-10/h6,8H,2-5H2,1H3. The van der Waals surface area contributed by atoms with E-state index in [1.54, 1.807) is 13.0 Å². The van der Waals surface area contributed by atoms with Crippen molar-refractivity contribution in [3.8, 4) is 0 Å². The Morgan fingerprint density at radius 1 is 1.59 bits per heavy atom. The minimum atomic E-state index is -0.770. The zero-order valence-electron chi connectivity index (χ0n) is 9.49. The highest BCUT2D eigenvalue weighted by Gasteiger charge is 2.25. The van der Waals surface area contributed by atoms with E-state index in [1.165, 1.54) is 16.2 Å². The van der Waals surface area contributed by atoms with Gasteiger partial charge in [-0.05, 0) is 37.8 Å². The molecule has 0 saturated heterocycles. The van der Waals surface area contributed by atoms with Gasteiger partial charge in [0, 0.05) is 10.3 Å². The number of rotatable bonds is 3. The minimum absolute atomic E-state index is 0.141. The highest BCUT2D eigenvalue weighted by Crippen LogP contribution is 2.31. The van der Waals surface area contributed by atoms with Crippen LogP contribution >= 0.6 is 22.9 Å². The Bertz CT molecular complexity index is 453. The number of carbonyl (C=O) groups is 2. The molecule has 1 aromatic rings. The molecule has 0 bridgehead atoms. The van der Waals surface area contributed by atoms with Crippen LogP contribution in [-0.4, -0.2) is 23.7 Å². The molecule has 0 fully saturated rings.